The first-order valence-electron chi connectivity index (χ1n) is 10.5. The highest BCUT2D eigenvalue weighted by atomic mass is 35.5. The molecule has 1 atom stereocenters. The van der Waals surface area contributed by atoms with Crippen LogP contribution in [0.25, 0.3) is 0 Å². The number of aliphatic hydroxyl groups excluding tert-OH is 1. The number of benzene rings is 2. The molecule has 0 amide bonds. The maximum atomic E-state index is 10.4. The maximum absolute atomic E-state index is 10.4. The molecule has 31 heavy (non-hydrogen) atoms. The van der Waals surface area contributed by atoms with Gasteiger partial charge in [0.05, 0.1) is 12.8 Å². The van der Waals surface area contributed by atoms with Crippen molar-refractivity contribution in [1.82, 2.24) is 4.90 Å². The molecule has 1 heterocycles. The van der Waals surface area contributed by atoms with E-state index < -0.39 is 6.10 Å². The van der Waals surface area contributed by atoms with Crippen molar-refractivity contribution in [3.63, 3.8) is 0 Å². The number of nitrogens with zero attached hydrogens (tertiary/aromatic N) is 2. The van der Waals surface area contributed by atoms with Gasteiger partial charge in [-0.1, -0.05) is 32.0 Å². The number of ether oxygens (including phenoxy) is 2. The van der Waals surface area contributed by atoms with Crippen molar-refractivity contribution in [2.24, 2.45) is 0 Å². The number of aryl methyl sites for hydroxylation is 1. The molecule has 1 aliphatic rings. The van der Waals surface area contributed by atoms with Crippen LogP contribution >= 0.6 is 0 Å². The quantitative estimate of drug-likeness (QED) is 0.471. The Labute approximate surface area is 199 Å². The third-order valence-electron chi connectivity index (χ3n) is 5.57. The van der Waals surface area contributed by atoms with Crippen molar-refractivity contribution < 1.29 is 39.4 Å². The van der Waals surface area contributed by atoms with Gasteiger partial charge < -0.3 is 44.3 Å². The first-order chi connectivity index (χ1) is 14.0. The summed E-state index contributed by atoms with van der Waals surface area (Å²) in [4.78, 5) is 4.64. The predicted octanol–water partition coefficient (Wildman–Crippen LogP) is -2.30. The van der Waals surface area contributed by atoms with Crippen molar-refractivity contribution in [3.05, 3.63) is 53.6 Å². The van der Waals surface area contributed by atoms with E-state index in [9.17, 15) is 5.11 Å². The number of methoxy groups -OCH3 is 1. The fourth-order valence-electron chi connectivity index (χ4n) is 3.99. The van der Waals surface area contributed by atoms with Crippen molar-refractivity contribution in [3.8, 4) is 11.5 Å². The van der Waals surface area contributed by atoms with Gasteiger partial charge in [-0.3, -0.25) is 4.90 Å². The van der Waals surface area contributed by atoms with Crippen LogP contribution in [0.4, 0.5) is 5.69 Å². The van der Waals surface area contributed by atoms with E-state index in [1.807, 2.05) is 24.3 Å². The normalized spacial score (nSPS) is 15.1. The number of hydrogen-bond acceptors (Lipinski definition) is 5. The van der Waals surface area contributed by atoms with Crippen LogP contribution in [-0.2, 0) is 0 Å². The maximum Gasteiger partial charge on any atom is 0.142 e. The molecule has 1 fully saturated rings. The van der Waals surface area contributed by atoms with Crippen molar-refractivity contribution in [1.29, 1.82) is 0 Å². The van der Waals surface area contributed by atoms with E-state index in [1.165, 1.54) is 11.1 Å². The summed E-state index contributed by atoms with van der Waals surface area (Å²) in [5.41, 5.74) is 3.71. The molecule has 1 N–H and O–H groups in total. The zero-order valence-electron chi connectivity index (χ0n) is 18.9. The zero-order valence-corrected chi connectivity index (χ0v) is 20.4. The van der Waals surface area contributed by atoms with Gasteiger partial charge in [-0.2, -0.15) is 0 Å². The van der Waals surface area contributed by atoms with Gasteiger partial charge in [0.15, 0.2) is 0 Å². The minimum Gasteiger partial charge on any atom is -1.00 e. The summed E-state index contributed by atoms with van der Waals surface area (Å²) >= 11 is 0. The smallest absolute Gasteiger partial charge is 0.142 e. The zero-order chi connectivity index (χ0) is 20.8. The van der Waals surface area contributed by atoms with Crippen LogP contribution in [0.1, 0.15) is 30.9 Å². The summed E-state index contributed by atoms with van der Waals surface area (Å²) < 4.78 is 11.3. The molecule has 2 aromatic rings. The van der Waals surface area contributed by atoms with Crippen LogP contribution in [0.2, 0.25) is 0 Å². The third kappa shape index (κ3) is 7.46. The Balaban J connectivity index is 0.00000240. The van der Waals surface area contributed by atoms with Gasteiger partial charge in [0, 0.05) is 32.7 Å². The van der Waals surface area contributed by atoms with E-state index in [0.29, 0.717) is 19.1 Å². The average molecular weight is 469 g/mol. The Morgan fingerprint density at radius 1 is 1.00 bits per heavy atom. The first-order valence-corrected chi connectivity index (χ1v) is 10.5. The summed E-state index contributed by atoms with van der Waals surface area (Å²) in [6, 6.07) is 14.3. The summed E-state index contributed by atoms with van der Waals surface area (Å²) in [6.07, 6.45) is -0.502. The highest BCUT2D eigenvalue weighted by Gasteiger charge is 2.21. The van der Waals surface area contributed by atoms with Crippen LogP contribution in [0.3, 0.4) is 0 Å². The lowest BCUT2D eigenvalue weighted by Gasteiger charge is -2.37. The molecule has 1 aliphatic heterocycles. The number of para-hydroxylation sites is 2. The van der Waals surface area contributed by atoms with E-state index in [4.69, 9.17) is 9.47 Å². The molecule has 2 aromatic carbocycles. The van der Waals surface area contributed by atoms with Crippen molar-refractivity contribution >= 4 is 5.69 Å². The van der Waals surface area contributed by atoms with Gasteiger partial charge in [-0.05, 0) is 48.2 Å². The second-order valence-electron chi connectivity index (χ2n) is 8.10. The lowest BCUT2D eigenvalue weighted by Crippen LogP contribution is -3.00. The van der Waals surface area contributed by atoms with E-state index in [-0.39, 0.29) is 24.8 Å². The first kappa shape index (κ1) is 27.4. The SMILES string of the molecule is COc1ccccc1N1CCN(CC(O)COc2ccc(C(C)C)c(C)c2)CC1.[Cl-].[Cl-]. The lowest BCUT2D eigenvalue weighted by molar-refractivity contribution is -0.00100. The molecule has 0 radical (unpaired) electrons. The molecule has 174 valence electrons. The molecule has 1 unspecified atom stereocenters. The van der Waals surface area contributed by atoms with Gasteiger partial charge in [0.1, 0.15) is 24.2 Å². The lowest BCUT2D eigenvalue weighted by atomic mass is 9.98. The number of hydrogen-bond donors (Lipinski definition) is 1. The van der Waals surface area contributed by atoms with E-state index in [1.54, 1.807) is 7.11 Å². The van der Waals surface area contributed by atoms with E-state index in [0.717, 1.165) is 43.4 Å². The highest BCUT2D eigenvalue weighted by Crippen LogP contribution is 2.28. The fourth-order valence-corrected chi connectivity index (χ4v) is 3.99. The molecule has 3 rings (SSSR count). The second-order valence-corrected chi connectivity index (χ2v) is 8.10. The van der Waals surface area contributed by atoms with E-state index in [2.05, 4.69) is 48.8 Å². The highest BCUT2D eigenvalue weighted by molar-refractivity contribution is 5.58. The Kier molecular flexibility index (Phi) is 11.5. The Morgan fingerprint density at radius 3 is 2.29 bits per heavy atom. The molecule has 0 saturated carbocycles. The minimum atomic E-state index is -0.502. The molecular weight excluding hydrogens is 435 g/mol. The molecule has 0 spiro atoms. The average Bonchev–Trinajstić information content (AvgIpc) is 2.72. The summed E-state index contributed by atoms with van der Waals surface area (Å²) in [5, 5.41) is 10.4. The van der Waals surface area contributed by atoms with Crippen LogP contribution < -0.4 is 39.2 Å². The van der Waals surface area contributed by atoms with Crippen molar-refractivity contribution in [2.45, 2.75) is 32.8 Å². The Bertz CT molecular complexity index is 796. The van der Waals surface area contributed by atoms with Crippen molar-refractivity contribution in [2.75, 3.05) is 51.3 Å². The summed E-state index contributed by atoms with van der Waals surface area (Å²) in [6.45, 7) is 11.1. The Morgan fingerprint density at radius 2 is 1.68 bits per heavy atom. The number of β-amino-alcohol motifs (C(OH)–C–C–N with tert-alkyl or cyclic N) is 1. The van der Waals surface area contributed by atoms with Gasteiger partial charge in [-0.15, -0.1) is 0 Å². The molecular formula is C24H34Cl2N2O3-2. The van der Waals surface area contributed by atoms with Crippen LogP contribution in [0.5, 0.6) is 11.5 Å². The van der Waals surface area contributed by atoms with Gasteiger partial charge >= 0.3 is 0 Å². The second kappa shape index (κ2) is 13.0. The standard InChI is InChI=1S/C24H34N2O3.2ClH/c1-18(2)22-10-9-21(15-19(22)3)29-17-20(27)16-25-11-13-26(14-12-25)23-7-5-6-8-24(23)28-4;;/h5-10,15,18,20,27H,11-14,16-17H2,1-4H3;2*1H/p-2. The number of halogens is 2. The number of piperazine rings is 1. The monoisotopic (exact) mass is 468 g/mol. The molecule has 0 aromatic heterocycles. The van der Waals surface area contributed by atoms with Gasteiger partial charge in [0.25, 0.3) is 0 Å². The largest absolute Gasteiger partial charge is 1.00 e. The third-order valence-corrected chi connectivity index (χ3v) is 5.57. The predicted molar refractivity (Wildman–Crippen MR) is 118 cm³/mol. The Hall–Kier alpha value is -1.66. The molecule has 0 bridgehead atoms. The molecule has 7 heteroatoms. The van der Waals surface area contributed by atoms with Gasteiger partial charge in [-0.25, -0.2) is 0 Å². The molecule has 0 aliphatic carbocycles. The van der Waals surface area contributed by atoms with Crippen LogP contribution in [-0.4, -0.2) is 62.6 Å². The number of anilines is 1. The number of rotatable bonds is 8. The topological polar surface area (TPSA) is 45.2 Å². The summed E-state index contributed by atoms with van der Waals surface area (Å²) in [5.74, 6) is 2.24. The number of aliphatic hydroxyl groups is 1. The molecule has 5 nitrogen and oxygen atoms in total. The van der Waals surface area contributed by atoms with Gasteiger partial charge in [0.2, 0.25) is 0 Å². The van der Waals surface area contributed by atoms with E-state index >= 15 is 0 Å². The van der Waals surface area contributed by atoms with Crippen LogP contribution in [0, 0.1) is 6.92 Å². The van der Waals surface area contributed by atoms with Crippen LogP contribution in [0.15, 0.2) is 42.5 Å². The summed E-state index contributed by atoms with van der Waals surface area (Å²) in [7, 11) is 1.71. The fraction of sp³-hybridized carbons (Fsp3) is 0.500. The minimum absolute atomic E-state index is 0. The molecule has 1 saturated heterocycles.